The third kappa shape index (κ3) is 5.59. The summed E-state index contributed by atoms with van der Waals surface area (Å²) in [6.45, 7) is 5.55. The van der Waals surface area contributed by atoms with E-state index < -0.39 is 11.7 Å². The van der Waals surface area contributed by atoms with Crippen molar-refractivity contribution in [1.82, 2.24) is 9.80 Å². The minimum absolute atomic E-state index is 0.0504. The van der Waals surface area contributed by atoms with E-state index in [0.29, 0.717) is 25.6 Å². The van der Waals surface area contributed by atoms with E-state index in [4.69, 9.17) is 4.74 Å². The van der Waals surface area contributed by atoms with Crippen LogP contribution in [0.2, 0.25) is 0 Å². The first-order chi connectivity index (χ1) is 13.0. The smallest absolute Gasteiger partial charge is 0.289 e. The molecule has 2 aliphatic rings. The summed E-state index contributed by atoms with van der Waals surface area (Å²) in [5, 5.41) is 0. The topological polar surface area (TPSA) is 49.9 Å². The summed E-state index contributed by atoms with van der Waals surface area (Å²) in [4.78, 5) is 27.9. The molecule has 1 atom stereocenters. The molecule has 27 heavy (non-hydrogen) atoms. The van der Waals surface area contributed by atoms with E-state index in [2.05, 4.69) is 4.90 Å². The largest absolute Gasteiger partial charge is 0.376 e. The molecule has 148 valence electrons. The Morgan fingerprint density at radius 1 is 1.19 bits per heavy atom. The van der Waals surface area contributed by atoms with Crippen molar-refractivity contribution >= 4 is 11.7 Å². The van der Waals surface area contributed by atoms with Crippen molar-refractivity contribution in [1.29, 1.82) is 0 Å². The van der Waals surface area contributed by atoms with Crippen molar-refractivity contribution in [3.05, 3.63) is 35.6 Å². The van der Waals surface area contributed by atoms with E-state index in [1.807, 2.05) is 12.1 Å². The molecule has 1 aromatic carbocycles. The van der Waals surface area contributed by atoms with Gasteiger partial charge in [0.05, 0.1) is 6.10 Å². The highest BCUT2D eigenvalue weighted by molar-refractivity contribution is 6.35. The van der Waals surface area contributed by atoms with Gasteiger partial charge in [0.1, 0.15) is 5.82 Å². The quantitative estimate of drug-likeness (QED) is 0.687. The molecule has 2 aliphatic heterocycles. The standard InChI is InChI=1S/C21H29FN2O3/c1-16(25)21(26)24(15-19-6-4-12-27-19)13-17-8-10-23(11-9-17)14-18-5-2-3-7-20(18)22/h2-3,5,7,17,19H,4,6,8-15H2,1H3/t19-/m1/s1. The molecule has 0 N–H and O–H groups in total. The summed E-state index contributed by atoms with van der Waals surface area (Å²) in [6.07, 6.45) is 3.90. The molecule has 6 heteroatoms. The number of halogens is 1. The number of carbonyl (C=O) groups is 2. The molecule has 2 fully saturated rings. The summed E-state index contributed by atoms with van der Waals surface area (Å²) in [5.74, 6) is -0.606. The zero-order chi connectivity index (χ0) is 19.2. The number of hydrogen-bond acceptors (Lipinski definition) is 4. The molecule has 0 aromatic heterocycles. The molecule has 0 bridgehead atoms. The summed E-state index contributed by atoms with van der Waals surface area (Å²) >= 11 is 0. The van der Waals surface area contributed by atoms with Gasteiger partial charge in [0.25, 0.3) is 5.91 Å². The number of hydrogen-bond donors (Lipinski definition) is 0. The maximum atomic E-state index is 13.8. The number of Topliss-reactive ketones (excluding diaryl/α,β-unsaturated/α-hetero) is 1. The molecule has 2 saturated heterocycles. The van der Waals surface area contributed by atoms with E-state index in [1.165, 1.54) is 13.0 Å². The fourth-order valence-electron chi connectivity index (χ4n) is 4.00. The van der Waals surface area contributed by atoms with Crippen LogP contribution in [0.15, 0.2) is 24.3 Å². The molecular weight excluding hydrogens is 347 g/mol. The van der Waals surface area contributed by atoms with Gasteiger partial charge in [0.2, 0.25) is 5.78 Å². The van der Waals surface area contributed by atoms with E-state index in [9.17, 15) is 14.0 Å². The Kier molecular flexibility index (Phi) is 6.96. The van der Waals surface area contributed by atoms with Gasteiger partial charge in [0.15, 0.2) is 0 Å². The molecule has 0 unspecified atom stereocenters. The van der Waals surface area contributed by atoms with E-state index in [-0.39, 0.29) is 11.9 Å². The first-order valence-electron chi connectivity index (χ1n) is 9.90. The predicted molar refractivity (Wildman–Crippen MR) is 101 cm³/mol. The van der Waals surface area contributed by atoms with Gasteiger partial charge in [-0.15, -0.1) is 0 Å². The Balaban J connectivity index is 1.51. The van der Waals surface area contributed by atoms with Crippen LogP contribution in [-0.2, 0) is 20.9 Å². The summed E-state index contributed by atoms with van der Waals surface area (Å²) < 4.78 is 19.5. The first kappa shape index (κ1) is 20.0. The van der Waals surface area contributed by atoms with Gasteiger partial charge in [-0.2, -0.15) is 0 Å². The van der Waals surface area contributed by atoms with Crippen LogP contribution in [0, 0.1) is 11.7 Å². The fourth-order valence-corrected chi connectivity index (χ4v) is 4.00. The molecule has 0 radical (unpaired) electrons. The number of piperidine rings is 1. The lowest BCUT2D eigenvalue weighted by atomic mass is 9.95. The number of nitrogens with zero attached hydrogens (tertiary/aromatic N) is 2. The van der Waals surface area contributed by atoms with Crippen LogP contribution in [0.1, 0.15) is 38.2 Å². The summed E-state index contributed by atoms with van der Waals surface area (Å²) in [5.41, 5.74) is 0.725. The number of rotatable bonds is 7. The second-order valence-electron chi connectivity index (χ2n) is 7.71. The molecule has 2 heterocycles. The zero-order valence-electron chi connectivity index (χ0n) is 16.0. The van der Waals surface area contributed by atoms with Crippen molar-refractivity contribution in [3.8, 4) is 0 Å². The van der Waals surface area contributed by atoms with Crippen molar-refractivity contribution < 1.29 is 18.7 Å². The molecule has 0 spiro atoms. The SMILES string of the molecule is CC(=O)C(=O)N(CC1CCN(Cc2ccccc2F)CC1)C[C@H]1CCCO1. The highest BCUT2D eigenvalue weighted by Gasteiger charge is 2.28. The Labute approximate surface area is 160 Å². The van der Waals surface area contributed by atoms with Crippen LogP contribution < -0.4 is 0 Å². The van der Waals surface area contributed by atoms with Gasteiger partial charge < -0.3 is 9.64 Å². The first-order valence-corrected chi connectivity index (χ1v) is 9.90. The molecule has 5 nitrogen and oxygen atoms in total. The highest BCUT2D eigenvalue weighted by atomic mass is 19.1. The average Bonchev–Trinajstić information content (AvgIpc) is 3.17. The number of likely N-dealkylation sites (tertiary alicyclic amines) is 1. The third-order valence-corrected chi connectivity index (χ3v) is 5.57. The van der Waals surface area contributed by atoms with Crippen molar-refractivity contribution in [2.45, 2.75) is 45.3 Å². The van der Waals surface area contributed by atoms with Gasteiger partial charge in [0, 0.05) is 38.7 Å². The number of benzene rings is 1. The van der Waals surface area contributed by atoms with Crippen LogP contribution in [-0.4, -0.2) is 60.4 Å². The monoisotopic (exact) mass is 376 g/mol. The predicted octanol–water partition coefficient (Wildman–Crippen LogP) is 2.63. The van der Waals surface area contributed by atoms with Gasteiger partial charge in [-0.3, -0.25) is 14.5 Å². The van der Waals surface area contributed by atoms with E-state index in [1.54, 1.807) is 11.0 Å². The van der Waals surface area contributed by atoms with Crippen molar-refractivity contribution in [2.24, 2.45) is 5.92 Å². The second-order valence-corrected chi connectivity index (χ2v) is 7.71. The number of carbonyl (C=O) groups excluding carboxylic acids is 2. The summed E-state index contributed by atoms with van der Waals surface area (Å²) in [7, 11) is 0. The Morgan fingerprint density at radius 2 is 1.93 bits per heavy atom. The van der Waals surface area contributed by atoms with Gasteiger partial charge in [-0.1, -0.05) is 18.2 Å². The van der Waals surface area contributed by atoms with E-state index in [0.717, 1.165) is 50.9 Å². The van der Waals surface area contributed by atoms with Gasteiger partial charge >= 0.3 is 0 Å². The minimum atomic E-state index is -0.412. The Bertz CT molecular complexity index is 653. The fraction of sp³-hybridized carbons (Fsp3) is 0.619. The molecule has 1 aromatic rings. The number of ketones is 1. The molecule has 3 rings (SSSR count). The van der Waals surface area contributed by atoms with Gasteiger partial charge in [-0.25, -0.2) is 4.39 Å². The molecular formula is C21H29FN2O3. The lowest BCUT2D eigenvalue weighted by Crippen LogP contribution is -2.45. The highest BCUT2D eigenvalue weighted by Crippen LogP contribution is 2.22. The van der Waals surface area contributed by atoms with Crippen LogP contribution in [0.4, 0.5) is 4.39 Å². The minimum Gasteiger partial charge on any atom is -0.376 e. The summed E-state index contributed by atoms with van der Waals surface area (Å²) in [6, 6.07) is 6.90. The van der Waals surface area contributed by atoms with Crippen molar-refractivity contribution in [3.63, 3.8) is 0 Å². The normalized spacial score (nSPS) is 21.3. The lowest BCUT2D eigenvalue weighted by molar-refractivity contribution is -0.145. The van der Waals surface area contributed by atoms with Crippen LogP contribution >= 0.6 is 0 Å². The van der Waals surface area contributed by atoms with Crippen molar-refractivity contribution in [2.75, 3.05) is 32.8 Å². The maximum absolute atomic E-state index is 13.8. The zero-order valence-corrected chi connectivity index (χ0v) is 16.0. The molecule has 0 saturated carbocycles. The Morgan fingerprint density at radius 3 is 2.56 bits per heavy atom. The molecule has 1 amide bonds. The van der Waals surface area contributed by atoms with Crippen LogP contribution in [0.25, 0.3) is 0 Å². The second kappa shape index (κ2) is 9.42. The van der Waals surface area contributed by atoms with Crippen LogP contribution in [0.5, 0.6) is 0 Å². The number of ether oxygens (including phenoxy) is 1. The average molecular weight is 376 g/mol. The van der Waals surface area contributed by atoms with Crippen LogP contribution in [0.3, 0.4) is 0 Å². The van der Waals surface area contributed by atoms with E-state index >= 15 is 0 Å². The lowest BCUT2D eigenvalue weighted by Gasteiger charge is -2.35. The number of amides is 1. The maximum Gasteiger partial charge on any atom is 0.289 e. The van der Waals surface area contributed by atoms with Gasteiger partial charge in [-0.05, 0) is 50.8 Å². The Hall–Kier alpha value is -1.79. The molecule has 0 aliphatic carbocycles. The third-order valence-electron chi connectivity index (χ3n) is 5.57.